The molecule has 0 unspecified atom stereocenters. The van der Waals surface area contributed by atoms with Gasteiger partial charge < -0.3 is 14.2 Å². The van der Waals surface area contributed by atoms with E-state index in [4.69, 9.17) is 14.2 Å². The number of para-hydroxylation sites is 2. The second-order valence-electron chi connectivity index (χ2n) is 4.78. The third-order valence-electron chi connectivity index (χ3n) is 3.45. The van der Waals surface area contributed by atoms with E-state index < -0.39 is 5.78 Å². The van der Waals surface area contributed by atoms with Gasteiger partial charge in [-0.05, 0) is 24.3 Å². The summed E-state index contributed by atoms with van der Waals surface area (Å²) in [6, 6.07) is 14.0. The standard InChI is InChI=1S/C19H17NO4/c1-22-16-9-5-4-8-15(16)18(21)14(12-20)11-13-7-6-10-17(23-2)19(13)24-3/h4-11H,1-3H3/b14-11+. The highest BCUT2D eigenvalue weighted by Gasteiger charge is 2.18. The molecule has 0 aromatic heterocycles. The van der Waals surface area contributed by atoms with Crippen molar-refractivity contribution in [1.29, 1.82) is 5.26 Å². The maximum atomic E-state index is 12.7. The zero-order valence-electron chi connectivity index (χ0n) is 13.7. The second-order valence-corrected chi connectivity index (χ2v) is 4.78. The number of methoxy groups -OCH3 is 3. The van der Waals surface area contributed by atoms with E-state index in [-0.39, 0.29) is 5.57 Å². The largest absolute Gasteiger partial charge is 0.496 e. The van der Waals surface area contributed by atoms with Crippen molar-refractivity contribution in [2.45, 2.75) is 0 Å². The van der Waals surface area contributed by atoms with Crippen LogP contribution in [-0.2, 0) is 0 Å². The number of Topliss-reactive ketones (excluding diaryl/α,β-unsaturated/α-hetero) is 1. The zero-order valence-corrected chi connectivity index (χ0v) is 13.7. The molecule has 0 N–H and O–H groups in total. The molecule has 2 aromatic carbocycles. The number of hydrogen-bond donors (Lipinski definition) is 0. The number of hydrogen-bond acceptors (Lipinski definition) is 5. The first-order valence-electron chi connectivity index (χ1n) is 7.16. The van der Waals surface area contributed by atoms with E-state index in [1.807, 2.05) is 6.07 Å². The fraction of sp³-hybridized carbons (Fsp3) is 0.158. The Morgan fingerprint density at radius 1 is 0.958 bits per heavy atom. The van der Waals surface area contributed by atoms with Crippen molar-refractivity contribution in [3.63, 3.8) is 0 Å². The number of ether oxygens (including phenoxy) is 3. The molecule has 2 rings (SSSR count). The molecule has 0 spiro atoms. The summed E-state index contributed by atoms with van der Waals surface area (Å²) in [4.78, 5) is 12.7. The Kier molecular flexibility index (Phi) is 5.58. The van der Waals surface area contributed by atoms with Crippen LogP contribution in [0.5, 0.6) is 17.2 Å². The highest BCUT2D eigenvalue weighted by molar-refractivity contribution is 6.15. The first kappa shape index (κ1) is 17.1. The quantitative estimate of drug-likeness (QED) is 0.462. The van der Waals surface area contributed by atoms with E-state index in [2.05, 4.69) is 0 Å². The van der Waals surface area contributed by atoms with E-state index in [1.54, 1.807) is 42.5 Å². The Morgan fingerprint density at radius 3 is 2.25 bits per heavy atom. The summed E-state index contributed by atoms with van der Waals surface area (Å²) in [7, 11) is 4.51. The molecule has 2 aromatic rings. The third kappa shape index (κ3) is 3.39. The Bertz CT molecular complexity index is 818. The fourth-order valence-corrected chi connectivity index (χ4v) is 2.31. The number of benzene rings is 2. The van der Waals surface area contributed by atoms with E-state index in [0.29, 0.717) is 28.4 Å². The highest BCUT2D eigenvalue weighted by atomic mass is 16.5. The minimum Gasteiger partial charge on any atom is -0.496 e. The Labute approximate surface area is 140 Å². The molecule has 0 atom stereocenters. The van der Waals surface area contributed by atoms with Crippen molar-refractivity contribution < 1.29 is 19.0 Å². The number of ketones is 1. The van der Waals surface area contributed by atoms with Gasteiger partial charge in [0.25, 0.3) is 0 Å². The van der Waals surface area contributed by atoms with Gasteiger partial charge in [-0.3, -0.25) is 4.79 Å². The maximum absolute atomic E-state index is 12.7. The van der Waals surface area contributed by atoms with Crippen LogP contribution in [0, 0.1) is 11.3 Å². The number of nitriles is 1. The number of carbonyl (C=O) groups excluding carboxylic acids is 1. The van der Waals surface area contributed by atoms with Crippen molar-refractivity contribution in [1.82, 2.24) is 0 Å². The number of nitrogens with zero attached hydrogens (tertiary/aromatic N) is 1. The fourth-order valence-electron chi connectivity index (χ4n) is 2.31. The van der Waals surface area contributed by atoms with Crippen LogP contribution in [0.4, 0.5) is 0 Å². The van der Waals surface area contributed by atoms with Crippen molar-refractivity contribution in [2.75, 3.05) is 21.3 Å². The molecule has 5 heteroatoms. The van der Waals surface area contributed by atoms with Crippen LogP contribution in [0.1, 0.15) is 15.9 Å². The van der Waals surface area contributed by atoms with Crippen molar-refractivity contribution >= 4 is 11.9 Å². The van der Waals surface area contributed by atoms with Gasteiger partial charge in [-0.25, -0.2) is 0 Å². The molecule has 5 nitrogen and oxygen atoms in total. The predicted molar refractivity (Wildman–Crippen MR) is 90.5 cm³/mol. The lowest BCUT2D eigenvalue weighted by molar-refractivity contribution is 0.103. The molecule has 0 radical (unpaired) electrons. The molecule has 24 heavy (non-hydrogen) atoms. The SMILES string of the molecule is COc1ccccc1C(=O)/C(C#N)=C/c1cccc(OC)c1OC. The topological polar surface area (TPSA) is 68.6 Å². The average Bonchev–Trinajstić information content (AvgIpc) is 2.64. The van der Waals surface area contributed by atoms with Gasteiger partial charge in [-0.1, -0.05) is 24.3 Å². The lowest BCUT2D eigenvalue weighted by atomic mass is 10.0. The van der Waals surface area contributed by atoms with Crippen LogP contribution >= 0.6 is 0 Å². The van der Waals surface area contributed by atoms with E-state index in [0.717, 1.165) is 0 Å². The normalized spacial score (nSPS) is 10.7. The average molecular weight is 323 g/mol. The van der Waals surface area contributed by atoms with Crippen LogP contribution in [0.2, 0.25) is 0 Å². The summed E-state index contributed by atoms with van der Waals surface area (Å²) in [5, 5.41) is 9.42. The third-order valence-corrected chi connectivity index (χ3v) is 3.45. The monoisotopic (exact) mass is 323 g/mol. The Hall–Kier alpha value is -3.26. The van der Waals surface area contributed by atoms with Gasteiger partial charge in [-0.15, -0.1) is 0 Å². The first-order chi connectivity index (χ1) is 11.7. The summed E-state index contributed by atoms with van der Waals surface area (Å²) in [5.41, 5.74) is 0.886. The Morgan fingerprint density at radius 2 is 1.62 bits per heavy atom. The predicted octanol–water partition coefficient (Wildman–Crippen LogP) is 3.50. The van der Waals surface area contributed by atoms with Crippen LogP contribution in [0.15, 0.2) is 48.0 Å². The molecule has 0 saturated carbocycles. The molecular formula is C19H17NO4. The van der Waals surface area contributed by atoms with Crippen LogP contribution in [0.25, 0.3) is 6.08 Å². The number of rotatable bonds is 6. The molecule has 0 aliphatic carbocycles. The molecule has 122 valence electrons. The number of allylic oxidation sites excluding steroid dienone is 1. The first-order valence-corrected chi connectivity index (χ1v) is 7.16. The highest BCUT2D eigenvalue weighted by Crippen LogP contribution is 2.32. The van der Waals surface area contributed by atoms with E-state index in [9.17, 15) is 10.1 Å². The zero-order chi connectivity index (χ0) is 17.5. The van der Waals surface area contributed by atoms with Crippen molar-refractivity contribution in [3.05, 3.63) is 59.2 Å². The Balaban J connectivity index is 2.51. The lowest BCUT2D eigenvalue weighted by Crippen LogP contribution is -2.04. The minimum atomic E-state index is -0.417. The van der Waals surface area contributed by atoms with E-state index in [1.165, 1.54) is 27.4 Å². The van der Waals surface area contributed by atoms with Gasteiger partial charge in [-0.2, -0.15) is 5.26 Å². The van der Waals surface area contributed by atoms with Crippen LogP contribution in [-0.4, -0.2) is 27.1 Å². The maximum Gasteiger partial charge on any atom is 0.207 e. The van der Waals surface area contributed by atoms with Crippen LogP contribution < -0.4 is 14.2 Å². The van der Waals surface area contributed by atoms with Crippen molar-refractivity contribution in [2.24, 2.45) is 0 Å². The van der Waals surface area contributed by atoms with E-state index >= 15 is 0 Å². The molecule has 0 fully saturated rings. The smallest absolute Gasteiger partial charge is 0.207 e. The molecule has 0 amide bonds. The molecule has 0 heterocycles. The molecular weight excluding hydrogens is 306 g/mol. The summed E-state index contributed by atoms with van der Waals surface area (Å²) in [5.74, 6) is 0.981. The summed E-state index contributed by atoms with van der Waals surface area (Å²) in [6.07, 6.45) is 1.48. The second kappa shape index (κ2) is 7.84. The molecule has 0 aliphatic rings. The number of carbonyl (C=O) groups is 1. The molecule has 0 aliphatic heterocycles. The summed E-state index contributed by atoms with van der Waals surface area (Å²) >= 11 is 0. The van der Waals surface area contributed by atoms with Gasteiger partial charge in [0.05, 0.1) is 26.9 Å². The van der Waals surface area contributed by atoms with Crippen molar-refractivity contribution in [3.8, 4) is 23.3 Å². The van der Waals surface area contributed by atoms with Gasteiger partial charge in [0.2, 0.25) is 5.78 Å². The minimum absolute atomic E-state index is 0.0222. The van der Waals surface area contributed by atoms with Gasteiger partial charge in [0.15, 0.2) is 11.5 Å². The summed E-state index contributed by atoms with van der Waals surface area (Å²) in [6.45, 7) is 0. The van der Waals surface area contributed by atoms with Crippen LogP contribution in [0.3, 0.4) is 0 Å². The van der Waals surface area contributed by atoms with Gasteiger partial charge >= 0.3 is 0 Å². The molecule has 0 bridgehead atoms. The summed E-state index contributed by atoms with van der Waals surface area (Å²) < 4.78 is 15.8. The van der Waals surface area contributed by atoms with Gasteiger partial charge in [0.1, 0.15) is 17.4 Å². The van der Waals surface area contributed by atoms with Gasteiger partial charge in [0, 0.05) is 5.56 Å². The lowest BCUT2D eigenvalue weighted by Gasteiger charge is -2.11. The molecule has 0 saturated heterocycles.